The molecule has 6 unspecified atom stereocenters. The molecule has 4 bridgehead atoms. The number of carbonyl (C=O) groups excluding carboxylic acids is 1. The third kappa shape index (κ3) is 1.52. The van der Waals surface area contributed by atoms with E-state index in [-0.39, 0.29) is 22.7 Å². The molecule has 2 N–H and O–H groups in total. The highest BCUT2D eigenvalue weighted by molar-refractivity contribution is 5.82. The van der Waals surface area contributed by atoms with Gasteiger partial charge >= 0.3 is 11.9 Å². The summed E-state index contributed by atoms with van der Waals surface area (Å²) in [4.78, 5) is 25.2. The van der Waals surface area contributed by atoms with Crippen molar-refractivity contribution >= 4 is 11.9 Å². The van der Waals surface area contributed by atoms with E-state index in [0.717, 1.165) is 32.1 Å². The van der Waals surface area contributed by atoms with Crippen molar-refractivity contribution in [2.75, 3.05) is 6.61 Å². The normalized spacial score (nSPS) is 56.2. The number of esters is 1. The molecule has 5 heteroatoms. The second-order valence-corrected chi connectivity index (χ2v) is 9.54. The Hall–Kier alpha value is -1.36. The van der Waals surface area contributed by atoms with Gasteiger partial charge in [0.25, 0.3) is 0 Å². The van der Waals surface area contributed by atoms with Gasteiger partial charge in [0.05, 0.1) is 24.0 Å². The van der Waals surface area contributed by atoms with E-state index in [2.05, 4.69) is 6.58 Å². The van der Waals surface area contributed by atoms with Crippen molar-refractivity contribution in [2.24, 2.45) is 39.9 Å². The predicted molar refractivity (Wildman–Crippen MR) is 88.4 cm³/mol. The SMILES string of the molecule is C=C1CC23CC1CCC2[C@@]12CCC(O)[C@@](C)(C(=O)OC1)C2C3C(=O)O. The molecule has 1 spiro atoms. The summed E-state index contributed by atoms with van der Waals surface area (Å²) in [5.74, 6) is -1.47. The van der Waals surface area contributed by atoms with Crippen LogP contribution in [0.4, 0.5) is 0 Å². The maximum absolute atomic E-state index is 12.7. The van der Waals surface area contributed by atoms with Crippen LogP contribution in [0.3, 0.4) is 0 Å². The number of aliphatic hydroxyl groups is 1. The summed E-state index contributed by atoms with van der Waals surface area (Å²) in [5, 5.41) is 21.0. The summed E-state index contributed by atoms with van der Waals surface area (Å²) >= 11 is 0. The number of cyclic esters (lactones) is 1. The van der Waals surface area contributed by atoms with Crippen LogP contribution in [0.25, 0.3) is 0 Å². The number of aliphatic carboxylic acids is 1. The van der Waals surface area contributed by atoms with Gasteiger partial charge in [0.15, 0.2) is 0 Å². The van der Waals surface area contributed by atoms with E-state index < -0.39 is 29.4 Å². The van der Waals surface area contributed by atoms with E-state index in [1.807, 2.05) is 0 Å². The highest BCUT2D eigenvalue weighted by Crippen LogP contribution is 2.78. The van der Waals surface area contributed by atoms with Gasteiger partial charge in [-0.1, -0.05) is 12.2 Å². The number of fused-ring (bicyclic) bond motifs is 1. The smallest absolute Gasteiger partial charge is 0.314 e. The Kier molecular flexibility index (Phi) is 2.84. The molecule has 5 fully saturated rings. The minimum absolute atomic E-state index is 0.251. The van der Waals surface area contributed by atoms with Crippen LogP contribution in [-0.4, -0.2) is 34.9 Å². The number of rotatable bonds is 1. The Morgan fingerprint density at radius 1 is 1.28 bits per heavy atom. The van der Waals surface area contributed by atoms with E-state index in [1.165, 1.54) is 5.57 Å². The van der Waals surface area contributed by atoms with Gasteiger partial charge in [0.1, 0.15) is 0 Å². The monoisotopic (exact) mass is 346 g/mol. The van der Waals surface area contributed by atoms with Gasteiger partial charge in [-0.3, -0.25) is 9.59 Å². The molecule has 8 atom stereocenters. The Morgan fingerprint density at radius 3 is 2.76 bits per heavy atom. The molecule has 1 saturated heterocycles. The summed E-state index contributed by atoms with van der Waals surface area (Å²) < 4.78 is 5.62. The molecule has 0 radical (unpaired) electrons. The van der Waals surface area contributed by atoms with Crippen LogP contribution in [0.5, 0.6) is 0 Å². The Bertz CT molecular complexity index is 700. The van der Waals surface area contributed by atoms with Crippen LogP contribution in [-0.2, 0) is 14.3 Å². The molecule has 0 aromatic rings. The van der Waals surface area contributed by atoms with Crippen LogP contribution < -0.4 is 0 Å². The molecule has 136 valence electrons. The zero-order valence-corrected chi connectivity index (χ0v) is 14.7. The molecule has 1 heterocycles. The number of hydrogen-bond acceptors (Lipinski definition) is 4. The van der Waals surface area contributed by atoms with Crippen LogP contribution in [0, 0.1) is 39.9 Å². The zero-order chi connectivity index (χ0) is 17.8. The van der Waals surface area contributed by atoms with Crippen molar-refractivity contribution in [3.63, 3.8) is 0 Å². The molecular formula is C20H26O5. The van der Waals surface area contributed by atoms with Crippen LogP contribution in [0.1, 0.15) is 45.4 Å². The van der Waals surface area contributed by atoms with Gasteiger partial charge < -0.3 is 14.9 Å². The average molecular weight is 346 g/mol. The fourth-order valence-electron chi connectivity index (χ4n) is 8.12. The minimum atomic E-state index is -1.11. The maximum Gasteiger partial charge on any atom is 0.314 e. The lowest BCUT2D eigenvalue weighted by molar-refractivity contribution is -0.220. The highest BCUT2D eigenvalue weighted by atomic mass is 16.5. The van der Waals surface area contributed by atoms with E-state index >= 15 is 0 Å². The highest BCUT2D eigenvalue weighted by Gasteiger charge is 2.79. The van der Waals surface area contributed by atoms with Gasteiger partial charge in [-0.15, -0.1) is 0 Å². The molecule has 1 aliphatic heterocycles. The lowest BCUT2D eigenvalue weighted by atomic mass is 9.50. The topological polar surface area (TPSA) is 83.8 Å². The van der Waals surface area contributed by atoms with Crippen molar-refractivity contribution < 1.29 is 24.5 Å². The minimum Gasteiger partial charge on any atom is -0.481 e. The molecule has 5 aliphatic rings. The molecule has 0 aromatic heterocycles. The van der Waals surface area contributed by atoms with Crippen molar-refractivity contribution in [3.05, 3.63) is 12.2 Å². The number of ether oxygens (including phenoxy) is 1. The Morgan fingerprint density at radius 2 is 2.04 bits per heavy atom. The Balaban J connectivity index is 1.76. The molecule has 25 heavy (non-hydrogen) atoms. The molecule has 5 rings (SSSR count). The Labute approximate surface area is 147 Å². The molecule has 0 amide bonds. The number of carboxylic acid groups (broad SMARTS) is 1. The molecular weight excluding hydrogens is 320 g/mol. The molecule has 4 saturated carbocycles. The third-order valence-electron chi connectivity index (χ3n) is 8.92. The van der Waals surface area contributed by atoms with Gasteiger partial charge in [-0.25, -0.2) is 0 Å². The molecule has 5 nitrogen and oxygen atoms in total. The average Bonchev–Trinajstić information content (AvgIpc) is 2.97. The first-order valence-electron chi connectivity index (χ1n) is 9.53. The number of allylic oxidation sites excluding steroid dienone is 1. The quantitative estimate of drug-likeness (QED) is 0.563. The maximum atomic E-state index is 12.7. The fourth-order valence-corrected chi connectivity index (χ4v) is 8.12. The number of carboxylic acids is 1. The van der Waals surface area contributed by atoms with Crippen LogP contribution in [0.2, 0.25) is 0 Å². The lowest BCUT2D eigenvalue weighted by Crippen LogP contribution is -2.63. The number of aliphatic hydroxyl groups excluding tert-OH is 1. The first-order valence-corrected chi connectivity index (χ1v) is 9.53. The molecule has 0 aromatic carbocycles. The van der Waals surface area contributed by atoms with Crippen molar-refractivity contribution in [1.29, 1.82) is 0 Å². The summed E-state index contributed by atoms with van der Waals surface area (Å²) in [6.07, 6.45) is 4.20. The van der Waals surface area contributed by atoms with E-state index in [9.17, 15) is 19.8 Å². The standard InChI is InChI=1S/C20H26O5/c1-10-7-20-8-11(10)3-4-12(20)19-6-5-13(21)18(2,17(24)25-9-19)15(19)14(20)16(22)23/h11-15,21H,1,3-9H2,2H3,(H,22,23)/t11?,12?,13?,14?,15?,18-,19-,20?/m1/s1. The first-order chi connectivity index (χ1) is 11.8. The van der Waals surface area contributed by atoms with Crippen molar-refractivity contribution in [2.45, 2.75) is 51.6 Å². The van der Waals surface area contributed by atoms with Crippen LogP contribution >= 0.6 is 0 Å². The second-order valence-electron chi connectivity index (χ2n) is 9.54. The number of hydrogen-bond donors (Lipinski definition) is 2. The van der Waals surface area contributed by atoms with E-state index in [0.29, 0.717) is 18.9 Å². The van der Waals surface area contributed by atoms with Crippen molar-refractivity contribution in [1.82, 2.24) is 0 Å². The van der Waals surface area contributed by atoms with Gasteiger partial charge in [0, 0.05) is 11.3 Å². The summed E-state index contributed by atoms with van der Waals surface area (Å²) in [6.45, 7) is 6.33. The van der Waals surface area contributed by atoms with Gasteiger partial charge in [0.2, 0.25) is 0 Å². The second kappa shape index (κ2) is 4.48. The van der Waals surface area contributed by atoms with E-state index in [4.69, 9.17) is 4.74 Å². The van der Waals surface area contributed by atoms with Crippen molar-refractivity contribution in [3.8, 4) is 0 Å². The van der Waals surface area contributed by atoms with E-state index in [1.54, 1.807) is 6.92 Å². The zero-order valence-electron chi connectivity index (χ0n) is 14.7. The fraction of sp³-hybridized carbons (Fsp3) is 0.800. The lowest BCUT2D eigenvalue weighted by Gasteiger charge is -2.57. The third-order valence-corrected chi connectivity index (χ3v) is 8.92. The molecule has 4 aliphatic carbocycles. The summed E-state index contributed by atoms with van der Waals surface area (Å²) in [6, 6.07) is 0. The number of carbonyl (C=O) groups is 2. The summed E-state index contributed by atoms with van der Waals surface area (Å²) in [5.41, 5.74) is -0.516. The summed E-state index contributed by atoms with van der Waals surface area (Å²) in [7, 11) is 0. The van der Waals surface area contributed by atoms with Gasteiger partial charge in [-0.05, 0) is 62.7 Å². The van der Waals surface area contributed by atoms with Crippen LogP contribution in [0.15, 0.2) is 12.2 Å². The first kappa shape index (κ1) is 15.9. The largest absolute Gasteiger partial charge is 0.481 e. The predicted octanol–water partition coefficient (Wildman–Crippen LogP) is 2.38. The van der Waals surface area contributed by atoms with Gasteiger partial charge in [-0.2, -0.15) is 0 Å².